The van der Waals surface area contributed by atoms with E-state index >= 15 is 0 Å². The van der Waals surface area contributed by atoms with Crippen LogP contribution >= 0.6 is 0 Å². The van der Waals surface area contributed by atoms with Gasteiger partial charge >= 0.3 is 0 Å². The predicted molar refractivity (Wildman–Crippen MR) is 59.9 cm³/mol. The molecule has 0 aliphatic rings. The van der Waals surface area contributed by atoms with Gasteiger partial charge in [0.1, 0.15) is 0 Å². The molecular weight excluding hydrogens is 220 g/mol. The van der Waals surface area contributed by atoms with Gasteiger partial charge in [-0.05, 0) is 6.07 Å². The van der Waals surface area contributed by atoms with Crippen LogP contribution in [0.2, 0.25) is 0 Å². The van der Waals surface area contributed by atoms with Crippen LogP contribution in [0.5, 0.6) is 0 Å². The molecule has 0 atom stereocenters. The highest BCUT2D eigenvalue weighted by Gasteiger charge is 2.14. The normalized spacial score (nSPS) is 9.35. The molecule has 1 aromatic carbocycles. The number of nitriles is 1. The van der Waals surface area contributed by atoms with Crippen molar-refractivity contribution in [2.75, 3.05) is 0 Å². The molecule has 2 aromatic rings. The molecule has 0 aliphatic carbocycles. The maximum absolute atomic E-state index is 10.9. The molecule has 0 saturated heterocycles. The number of nitro groups is 1. The van der Waals surface area contributed by atoms with Crippen LogP contribution in [0.4, 0.5) is 5.69 Å². The summed E-state index contributed by atoms with van der Waals surface area (Å²) in [7, 11) is 0. The van der Waals surface area contributed by atoms with E-state index in [1.54, 1.807) is 6.07 Å². The van der Waals surface area contributed by atoms with Crippen LogP contribution in [0.25, 0.3) is 10.9 Å². The van der Waals surface area contributed by atoms with Gasteiger partial charge in [0.05, 0.1) is 34.5 Å². The lowest BCUT2D eigenvalue weighted by Crippen LogP contribution is -1.90. The second-order valence-corrected chi connectivity index (χ2v) is 3.22. The molecule has 82 valence electrons. The highest BCUT2D eigenvalue weighted by molar-refractivity contribution is 5.88. The van der Waals surface area contributed by atoms with Gasteiger partial charge in [0.25, 0.3) is 5.69 Å². The Morgan fingerprint density at radius 1 is 1.53 bits per heavy atom. The quantitative estimate of drug-likeness (QED) is 0.455. The highest BCUT2D eigenvalue weighted by atomic mass is 16.6. The standard InChI is InChI=1S/C11H6N4O2/c12-4-2-1-3-8-5-10-9(7-13-14-10)11(6-8)15(16)17/h5-7H,2H2,(H,13,14). The number of nitrogens with zero attached hydrogens (tertiary/aromatic N) is 3. The molecule has 0 saturated carbocycles. The molecular formula is C11H6N4O2. The lowest BCUT2D eigenvalue weighted by Gasteiger charge is -1.95. The van der Waals surface area contributed by atoms with Crippen LogP contribution in [-0.2, 0) is 0 Å². The largest absolute Gasteiger partial charge is 0.281 e. The average Bonchev–Trinajstić information content (AvgIpc) is 2.76. The zero-order valence-corrected chi connectivity index (χ0v) is 8.60. The number of non-ortho nitro benzene ring substituents is 1. The lowest BCUT2D eigenvalue weighted by atomic mass is 10.1. The highest BCUT2D eigenvalue weighted by Crippen LogP contribution is 2.25. The van der Waals surface area contributed by atoms with E-state index in [1.807, 2.05) is 6.07 Å². The van der Waals surface area contributed by atoms with E-state index < -0.39 is 4.92 Å². The second-order valence-electron chi connectivity index (χ2n) is 3.22. The Kier molecular flexibility index (Phi) is 2.71. The molecule has 0 aliphatic heterocycles. The van der Waals surface area contributed by atoms with Gasteiger partial charge in [-0.15, -0.1) is 0 Å². The fourth-order valence-corrected chi connectivity index (χ4v) is 1.44. The molecule has 1 aromatic heterocycles. The van der Waals surface area contributed by atoms with E-state index in [2.05, 4.69) is 22.0 Å². The SMILES string of the molecule is N#CCC#Cc1cc([N+](=O)[O-])c2cn[nH]c2c1. The van der Waals surface area contributed by atoms with E-state index in [1.165, 1.54) is 12.3 Å². The Labute approximate surface area is 96.0 Å². The van der Waals surface area contributed by atoms with Crippen molar-refractivity contribution in [2.45, 2.75) is 6.42 Å². The lowest BCUT2D eigenvalue weighted by molar-refractivity contribution is -0.383. The zero-order chi connectivity index (χ0) is 12.3. The summed E-state index contributed by atoms with van der Waals surface area (Å²) in [6.45, 7) is 0. The van der Waals surface area contributed by atoms with Crippen LogP contribution in [0, 0.1) is 33.3 Å². The van der Waals surface area contributed by atoms with E-state index in [0.717, 1.165) is 0 Å². The van der Waals surface area contributed by atoms with Crippen molar-refractivity contribution in [3.05, 3.63) is 34.0 Å². The number of fused-ring (bicyclic) bond motifs is 1. The molecule has 0 spiro atoms. The molecule has 0 unspecified atom stereocenters. The average molecular weight is 226 g/mol. The fraction of sp³-hybridized carbons (Fsp3) is 0.0909. The monoisotopic (exact) mass is 226 g/mol. The predicted octanol–water partition coefficient (Wildman–Crippen LogP) is 1.74. The molecule has 0 bridgehead atoms. The summed E-state index contributed by atoms with van der Waals surface area (Å²) < 4.78 is 0. The van der Waals surface area contributed by atoms with Crippen molar-refractivity contribution in [3.8, 4) is 17.9 Å². The smallest absolute Gasteiger partial charge is 0.278 e. The second kappa shape index (κ2) is 4.33. The zero-order valence-electron chi connectivity index (χ0n) is 8.60. The van der Waals surface area contributed by atoms with Gasteiger partial charge in [0.2, 0.25) is 0 Å². The van der Waals surface area contributed by atoms with Crippen molar-refractivity contribution in [1.29, 1.82) is 5.26 Å². The first-order valence-electron chi connectivity index (χ1n) is 4.69. The van der Waals surface area contributed by atoms with E-state index in [4.69, 9.17) is 5.26 Å². The maximum Gasteiger partial charge on any atom is 0.281 e. The molecule has 17 heavy (non-hydrogen) atoms. The van der Waals surface area contributed by atoms with Gasteiger partial charge in [-0.1, -0.05) is 11.8 Å². The van der Waals surface area contributed by atoms with Crippen LogP contribution < -0.4 is 0 Å². The molecule has 6 heteroatoms. The van der Waals surface area contributed by atoms with Gasteiger partial charge in [-0.3, -0.25) is 15.2 Å². The van der Waals surface area contributed by atoms with Gasteiger partial charge in [-0.25, -0.2) is 0 Å². The number of aromatic nitrogens is 2. The van der Waals surface area contributed by atoms with Gasteiger partial charge in [0.15, 0.2) is 0 Å². The Morgan fingerprint density at radius 2 is 2.35 bits per heavy atom. The number of aromatic amines is 1. The number of rotatable bonds is 1. The number of hydrogen-bond donors (Lipinski definition) is 1. The van der Waals surface area contributed by atoms with Gasteiger partial charge < -0.3 is 0 Å². The van der Waals surface area contributed by atoms with E-state index in [0.29, 0.717) is 16.5 Å². The van der Waals surface area contributed by atoms with Crippen molar-refractivity contribution < 1.29 is 4.92 Å². The summed E-state index contributed by atoms with van der Waals surface area (Å²) in [6, 6.07) is 4.92. The molecule has 0 amide bonds. The number of nitrogens with one attached hydrogen (secondary N) is 1. The third-order valence-corrected chi connectivity index (χ3v) is 2.13. The third kappa shape index (κ3) is 2.06. The molecule has 1 N–H and O–H groups in total. The van der Waals surface area contributed by atoms with Gasteiger partial charge in [-0.2, -0.15) is 10.4 Å². The molecule has 6 nitrogen and oxygen atoms in total. The number of nitro benzene ring substituents is 1. The summed E-state index contributed by atoms with van der Waals surface area (Å²) in [5.74, 6) is 5.30. The van der Waals surface area contributed by atoms with Crippen molar-refractivity contribution >= 4 is 16.6 Å². The number of hydrogen-bond acceptors (Lipinski definition) is 4. The van der Waals surface area contributed by atoms with Crippen molar-refractivity contribution in [2.24, 2.45) is 0 Å². The van der Waals surface area contributed by atoms with Crippen LogP contribution in [0.1, 0.15) is 12.0 Å². The number of H-pyrrole nitrogens is 1. The van der Waals surface area contributed by atoms with Crippen molar-refractivity contribution in [3.63, 3.8) is 0 Å². The Hall–Kier alpha value is -2.86. The first-order valence-corrected chi connectivity index (χ1v) is 4.69. The van der Waals surface area contributed by atoms with Crippen LogP contribution in [0.3, 0.4) is 0 Å². The Bertz CT molecular complexity index is 685. The molecule has 0 fully saturated rings. The van der Waals surface area contributed by atoms with E-state index in [-0.39, 0.29) is 12.1 Å². The Morgan fingerprint density at radius 3 is 3.06 bits per heavy atom. The molecule has 1 heterocycles. The fourth-order valence-electron chi connectivity index (χ4n) is 1.44. The minimum Gasteiger partial charge on any atom is -0.278 e. The van der Waals surface area contributed by atoms with E-state index in [9.17, 15) is 10.1 Å². The Balaban J connectivity index is 2.57. The number of benzene rings is 1. The summed E-state index contributed by atoms with van der Waals surface area (Å²) in [4.78, 5) is 10.4. The topological polar surface area (TPSA) is 95.6 Å². The summed E-state index contributed by atoms with van der Waals surface area (Å²) >= 11 is 0. The minimum absolute atomic E-state index is 0.0440. The summed E-state index contributed by atoms with van der Waals surface area (Å²) in [5, 5.41) is 26.1. The summed E-state index contributed by atoms with van der Waals surface area (Å²) in [5.41, 5.74) is 1.00. The maximum atomic E-state index is 10.9. The van der Waals surface area contributed by atoms with Crippen molar-refractivity contribution in [1.82, 2.24) is 10.2 Å². The first kappa shape index (κ1) is 10.7. The van der Waals surface area contributed by atoms with Gasteiger partial charge in [0, 0.05) is 11.6 Å². The molecule has 0 radical (unpaired) electrons. The molecule has 2 rings (SSSR count). The minimum atomic E-state index is -0.479. The summed E-state index contributed by atoms with van der Waals surface area (Å²) in [6.07, 6.45) is 1.49. The third-order valence-electron chi connectivity index (χ3n) is 2.13. The van der Waals surface area contributed by atoms with Crippen LogP contribution in [-0.4, -0.2) is 15.1 Å². The van der Waals surface area contributed by atoms with Crippen LogP contribution in [0.15, 0.2) is 18.3 Å². The first-order chi connectivity index (χ1) is 8.22.